The molecular formula is C12H24N2. The first-order valence-electron chi connectivity index (χ1n) is 5.62. The average Bonchev–Trinajstić information content (AvgIpc) is 2.13. The minimum Gasteiger partial charge on any atom is -0.317 e. The van der Waals surface area contributed by atoms with Crippen LogP contribution >= 0.6 is 0 Å². The fraction of sp³-hybridized carbons (Fsp3) is 0.833. The highest BCUT2D eigenvalue weighted by atomic mass is 15.2. The van der Waals surface area contributed by atoms with Gasteiger partial charge in [0, 0.05) is 25.2 Å². The molecule has 1 rings (SSSR count). The second-order valence-electron chi connectivity index (χ2n) is 4.71. The van der Waals surface area contributed by atoms with Crippen molar-refractivity contribution >= 4 is 0 Å². The van der Waals surface area contributed by atoms with Crippen molar-refractivity contribution in [3.8, 4) is 0 Å². The van der Waals surface area contributed by atoms with E-state index in [2.05, 4.69) is 44.6 Å². The molecule has 0 aliphatic carbocycles. The summed E-state index contributed by atoms with van der Waals surface area (Å²) >= 11 is 0. The molecule has 0 saturated carbocycles. The lowest BCUT2D eigenvalue weighted by Gasteiger charge is -2.42. The smallest absolute Gasteiger partial charge is 0.0190 e. The number of rotatable bonds is 3. The third-order valence-electron chi connectivity index (χ3n) is 3.54. The minimum absolute atomic E-state index is 0.665. The van der Waals surface area contributed by atoms with Crippen molar-refractivity contribution in [2.75, 3.05) is 20.1 Å². The molecule has 0 bridgehead atoms. The number of nitrogens with zero attached hydrogens (tertiary/aromatic N) is 1. The molecule has 1 fully saturated rings. The topological polar surface area (TPSA) is 15.3 Å². The van der Waals surface area contributed by atoms with Crippen molar-refractivity contribution in [2.24, 2.45) is 5.92 Å². The Morgan fingerprint density at radius 3 is 2.64 bits per heavy atom. The lowest BCUT2D eigenvalue weighted by molar-refractivity contribution is 0.0969. The Balaban J connectivity index is 2.54. The highest BCUT2D eigenvalue weighted by molar-refractivity contribution is 4.97. The molecule has 14 heavy (non-hydrogen) atoms. The molecule has 3 unspecified atom stereocenters. The summed E-state index contributed by atoms with van der Waals surface area (Å²) in [5.74, 6) is 0.730. The Morgan fingerprint density at radius 1 is 1.50 bits per heavy atom. The van der Waals surface area contributed by atoms with Gasteiger partial charge in [0.15, 0.2) is 0 Å². The van der Waals surface area contributed by atoms with Gasteiger partial charge < -0.3 is 5.32 Å². The van der Waals surface area contributed by atoms with E-state index in [4.69, 9.17) is 0 Å². The van der Waals surface area contributed by atoms with E-state index in [1.54, 1.807) is 0 Å². The molecule has 1 aliphatic heterocycles. The number of likely N-dealkylation sites (tertiary alicyclic amines) is 1. The average molecular weight is 196 g/mol. The van der Waals surface area contributed by atoms with E-state index in [-0.39, 0.29) is 0 Å². The molecule has 1 heterocycles. The molecule has 3 atom stereocenters. The Labute approximate surface area is 88.4 Å². The van der Waals surface area contributed by atoms with Crippen molar-refractivity contribution in [2.45, 2.75) is 39.3 Å². The van der Waals surface area contributed by atoms with E-state index in [1.807, 2.05) is 0 Å². The normalized spacial score (nSPS) is 34.4. The van der Waals surface area contributed by atoms with E-state index >= 15 is 0 Å². The van der Waals surface area contributed by atoms with E-state index in [0.717, 1.165) is 12.5 Å². The zero-order valence-corrected chi connectivity index (χ0v) is 10.0. The summed E-state index contributed by atoms with van der Waals surface area (Å²) in [5.41, 5.74) is 1.27. The fourth-order valence-electron chi connectivity index (χ4n) is 2.42. The summed E-state index contributed by atoms with van der Waals surface area (Å²) in [7, 11) is 2.07. The summed E-state index contributed by atoms with van der Waals surface area (Å²) in [6, 6.07) is 1.35. The summed E-state index contributed by atoms with van der Waals surface area (Å²) in [6.07, 6.45) is 1.26. The first-order chi connectivity index (χ1) is 6.56. The van der Waals surface area contributed by atoms with Crippen LogP contribution in [0.15, 0.2) is 12.2 Å². The van der Waals surface area contributed by atoms with E-state index < -0.39 is 0 Å². The molecule has 0 aromatic heterocycles. The van der Waals surface area contributed by atoms with Crippen LogP contribution in [0.2, 0.25) is 0 Å². The standard InChI is InChI=1S/C12H24N2/c1-9(2)8-14-7-6-12(13-5)10(3)11(14)4/h10-13H,1,6-8H2,2-5H3. The summed E-state index contributed by atoms with van der Waals surface area (Å²) in [6.45, 7) is 13.0. The maximum absolute atomic E-state index is 3.99. The molecule has 1 aliphatic rings. The van der Waals surface area contributed by atoms with Crippen LogP contribution < -0.4 is 5.32 Å². The Kier molecular flexibility index (Phi) is 4.14. The van der Waals surface area contributed by atoms with Gasteiger partial charge >= 0.3 is 0 Å². The van der Waals surface area contributed by atoms with Crippen LogP contribution in [0.1, 0.15) is 27.2 Å². The van der Waals surface area contributed by atoms with Crippen LogP contribution in [0.5, 0.6) is 0 Å². The molecule has 0 radical (unpaired) electrons. The second kappa shape index (κ2) is 4.94. The van der Waals surface area contributed by atoms with Gasteiger partial charge in [-0.05, 0) is 33.2 Å². The zero-order chi connectivity index (χ0) is 10.7. The van der Waals surface area contributed by atoms with Gasteiger partial charge in [-0.3, -0.25) is 4.90 Å². The Bertz CT molecular complexity index is 200. The van der Waals surface area contributed by atoms with Crippen molar-refractivity contribution < 1.29 is 0 Å². The molecule has 0 spiro atoms. The summed E-state index contributed by atoms with van der Waals surface area (Å²) in [5, 5.41) is 3.41. The van der Waals surface area contributed by atoms with Crippen molar-refractivity contribution in [1.29, 1.82) is 0 Å². The zero-order valence-electron chi connectivity index (χ0n) is 10.0. The number of hydrogen-bond acceptors (Lipinski definition) is 2. The van der Waals surface area contributed by atoms with Gasteiger partial charge in [0.25, 0.3) is 0 Å². The molecule has 1 N–H and O–H groups in total. The van der Waals surface area contributed by atoms with Crippen molar-refractivity contribution in [3.05, 3.63) is 12.2 Å². The first kappa shape index (κ1) is 11.7. The molecule has 2 heteroatoms. The highest BCUT2D eigenvalue weighted by Gasteiger charge is 2.30. The van der Waals surface area contributed by atoms with Gasteiger partial charge in [0.2, 0.25) is 0 Å². The molecule has 82 valence electrons. The molecule has 1 saturated heterocycles. The van der Waals surface area contributed by atoms with Crippen LogP contribution in [0, 0.1) is 5.92 Å². The van der Waals surface area contributed by atoms with Gasteiger partial charge in [-0.15, -0.1) is 0 Å². The number of nitrogens with one attached hydrogen (secondary N) is 1. The monoisotopic (exact) mass is 196 g/mol. The first-order valence-corrected chi connectivity index (χ1v) is 5.62. The molecule has 0 aromatic rings. The van der Waals surface area contributed by atoms with Gasteiger partial charge in [0.05, 0.1) is 0 Å². The van der Waals surface area contributed by atoms with Crippen LogP contribution in [0.25, 0.3) is 0 Å². The lowest BCUT2D eigenvalue weighted by atomic mass is 9.87. The lowest BCUT2D eigenvalue weighted by Crippen LogP contribution is -2.52. The van der Waals surface area contributed by atoms with Crippen LogP contribution in [0.3, 0.4) is 0 Å². The van der Waals surface area contributed by atoms with Gasteiger partial charge in [-0.25, -0.2) is 0 Å². The van der Waals surface area contributed by atoms with Crippen LogP contribution in [-0.2, 0) is 0 Å². The second-order valence-corrected chi connectivity index (χ2v) is 4.71. The van der Waals surface area contributed by atoms with Crippen LogP contribution in [-0.4, -0.2) is 37.1 Å². The van der Waals surface area contributed by atoms with Crippen LogP contribution in [0.4, 0.5) is 0 Å². The SMILES string of the molecule is C=C(C)CN1CCC(NC)C(C)C1C. The van der Waals surface area contributed by atoms with Crippen molar-refractivity contribution in [1.82, 2.24) is 10.2 Å². The molecular weight excluding hydrogens is 172 g/mol. The summed E-state index contributed by atoms with van der Waals surface area (Å²) < 4.78 is 0. The largest absolute Gasteiger partial charge is 0.317 e. The van der Waals surface area contributed by atoms with E-state index in [0.29, 0.717) is 12.1 Å². The molecule has 0 aromatic carbocycles. The molecule has 2 nitrogen and oxygen atoms in total. The predicted molar refractivity (Wildman–Crippen MR) is 62.5 cm³/mol. The quantitative estimate of drug-likeness (QED) is 0.693. The predicted octanol–water partition coefficient (Wildman–Crippen LogP) is 1.88. The van der Waals surface area contributed by atoms with Crippen molar-refractivity contribution in [3.63, 3.8) is 0 Å². The minimum atomic E-state index is 0.665. The third kappa shape index (κ3) is 2.58. The van der Waals surface area contributed by atoms with E-state index in [1.165, 1.54) is 18.5 Å². The number of piperidine rings is 1. The third-order valence-corrected chi connectivity index (χ3v) is 3.54. The number of hydrogen-bond donors (Lipinski definition) is 1. The Morgan fingerprint density at radius 2 is 2.14 bits per heavy atom. The van der Waals surface area contributed by atoms with Gasteiger partial charge in [-0.2, -0.15) is 0 Å². The van der Waals surface area contributed by atoms with E-state index in [9.17, 15) is 0 Å². The maximum Gasteiger partial charge on any atom is 0.0190 e. The van der Waals surface area contributed by atoms with Gasteiger partial charge in [-0.1, -0.05) is 19.1 Å². The summed E-state index contributed by atoms with van der Waals surface area (Å²) in [4.78, 5) is 2.54. The maximum atomic E-state index is 3.99. The fourth-order valence-corrected chi connectivity index (χ4v) is 2.42. The molecule has 0 amide bonds. The highest BCUT2D eigenvalue weighted by Crippen LogP contribution is 2.23. The Hall–Kier alpha value is -0.340. The van der Waals surface area contributed by atoms with Gasteiger partial charge in [0.1, 0.15) is 0 Å².